The van der Waals surface area contributed by atoms with Gasteiger partial charge in [-0.25, -0.2) is 9.78 Å². The summed E-state index contributed by atoms with van der Waals surface area (Å²) in [5.41, 5.74) is 0. The van der Waals surface area contributed by atoms with Crippen molar-refractivity contribution in [1.29, 1.82) is 0 Å². The molecule has 0 spiro atoms. The standard InChI is InChI=1S/C10H16N4OS/c1-6-16-9-11-8(7(2)3)12-14(9)10(15)13(4)5/h6-7H,1H2,2-5H3. The van der Waals surface area contributed by atoms with Crippen molar-refractivity contribution in [3.63, 3.8) is 0 Å². The molecule has 0 fully saturated rings. The molecule has 0 saturated heterocycles. The van der Waals surface area contributed by atoms with Gasteiger partial charge in [-0.3, -0.25) is 0 Å². The summed E-state index contributed by atoms with van der Waals surface area (Å²) in [6, 6.07) is -0.205. The fraction of sp³-hybridized carbons (Fsp3) is 0.500. The summed E-state index contributed by atoms with van der Waals surface area (Å²) in [4.78, 5) is 17.6. The van der Waals surface area contributed by atoms with Gasteiger partial charge in [0, 0.05) is 20.0 Å². The topological polar surface area (TPSA) is 51.0 Å². The zero-order valence-corrected chi connectivity index (χ0v) is 10.8. The van der Waals surface area contributed by atoms with Crippen LogP contribution in [0.15, 0.2) is 17.1 Å². The first-order valence-corrected chi connectivity index (χ1v) is 5.81. The van der Waals surface area contributed by atoms with Crippen LogP contribution in [0.3, 0.4) is 0 Å². The summed E-state index contributed by atoms with van der Waals surface area (Å²) in [6.07, 6.45) is 0. The zero-order chi connectivity index (χ0) is 12.3. The fourth-order valence-corrected chi connectivity index (χ4v) is 1.54. The number of rotatable bonds is 3. The number of carbonyl (C=O) groups is 1. The highest BCUT2D eigenvalue weighted by atomic mass is 32.2. The Labute approximate surface area is 99.5 Å². The second kappa shape index (κ2) is 5.16. The molecule has 0 saturated carbocycles. The van der Waals surface area contributed by atoms with E-state index in [-0.39, 0.29) is 11.9 Å². The highest BCUT2D eigenvalue weighted by molar-refractivity contribution is 8.02. The highest BCUT2D eigenvalue weighted by Gasteiger charge is 2.18. The maximum atomic E-state index is 11.8. The molecule has 5 nitrogen and oxygen atoms in total. The average molecular weight is 240 g/mol. The van der Waals surface area contributed by atoms with Gasteiger partial charge in [0.25, 0.3) is 0 Å². The van der Waals surface area contributed by atoms with Gasteiger partial charge in [-0.1, -0.05) is 32.2 Å². The van der Waals surface area contributed by atoms with Crippen LogP contribution in [0.5, 0.6) is 0 Å². The van der Waals surface area contributed by atoms with Crippen LogP contribution in [-0.2, 0) is 0 Å². The van der Waals surface area contributed by atoms with Crippen molar-refractivity contribution in [2.75, 3.05) is 14.1 Å². The van der Waals surface area contributed by atoms with E-state index in [4.69, 9.17) is 0 Å². The third-order valence-electron chi connectivity index (χ3n) is 1.86. The molecule has 16 heavy (non-hydrogen) atoms. The zero-order valence-electron chi connectivity index (χ0n) is 9.97. The molecule has 0 aliphatic rings. The second-order valence-electron chi connectivity index (χ2n) is 3.78. The molecule has 0 aliphatic carbocycles. The van der Waals surface area contributed by atoms with E-state index in [0.717, 1.165) is 0 Å². The third kappa shape index (κ3) is 2.63. The highest BCUT2D eigenvalue weighted by Crippen LogP contribution is 2.19. The quantitative estimate of drug-likeness (QED) is 0.760. The number of thioether (sulfide) groups is 1. The van der Waals surface area contributed by atoms with E-state index in [0.29, 0.717) is 11.0 Å². The SMILES string of the molecule is C=CSc1nc(C(C)C)nn1C(=O)N(C)C. The van der Waals surface area contributed by atoms with Crippen LogP contribution in [0.25, 0.3) is 0 Å². The predicted octanol–water partition coefficient (Wildman–Crippen LogP) is 2.17. The summed E-state index contributed by atoms with van der Waals surface area (Å²) in [6.45, 7) is 7.59. The molecule has 0 atom stereocenters. The lowest BCUT2D eigenvalue weighted by molar-refractivity contribution is 0.213. The number of nitrogens with zero attached hydrogens (tertiary/aromatic N) is 4. The van der Waals surface area contributed by atoms with E-state index in [9.17, 15) is 4.79 Å². The van der Waals surface area contributed by atoms with Crippen molar-refractivity contribution in [3.05, 3.63) is 17.8 Å². The molecule has 0 N–H and O–H groups in total. The van der Waals surface area contributed by atoms with Gasteiger partial charge < -0.3 is 4.90 Å². The molecule has 0 aromatic carbocycles. The second-order valence-corrected chi connectivity index (χ2v) is 4.71. The van der Waals surface area contributed by atoms with E-state index >= 15 is 0 Å². The van der Waals surface area contributed by atoms with E-state index in [1.807, 2.05) is 13.8 Å². The van der Waals surface area contributed by atoms with Crippen molar-refractivity contribution in [1.82, 2.24) is 19.7 Å². The average Bonchev–Trinajstić information content (AvgIpc) is 2.61. The van der Waals surface area contributed by atoms with Crippen LogP contribution in [0.2, 0.25) is 0 Å². The lowest BCUT2D eigenvalue weighted by Gasteiger charge is -2.10. The van der Waals surface area contributed by atoms with Crippen LogP contribution >= 0.6 is 11.8 Å². The largest absolute Gasteiger partial charge is 0.346 e. The lowest BCUT2D eigenvalue weighted by atomic mass is 10.2. The predicted molar refractivity (Wildman–Crippen MR) is 64.6 cm³/mol. The van der Waals surface area contributed by atoms with E-state index < -0.39 is 0 Å². The number of hydrogen-bond acceptors (Lipinski definition) is 4. The van der Waals surface area contributed by atoms with Crippen molar-refractivity contribution in [3.8, 4) is 0 Å². The molecule has 88 valence electrons. The minimum absolute atomic E-state index is 0.195. The Morgan fingerprint density at radius 3 is 2.62 bits per heavy atom. The van der Waals surface area contributed by atoms with Crippen molar-refractivity contribution < 1.29 is 4.79 Å². The van der Waals surface area contributed by atoms with Gasteiger partial charge in [0.05, 0.1) is 0 Å². The first-order chi connectivity index (χ1) is 7.47. The van der Waals surface area contributed by atoms with E-state index in [2.05, 4.69) is 16.7 Å². The Balaban J connectivity index is 3.14. The van der Waals surface area contributed by atoms with Gasteiger partial charge >= 0.3 is 6.03 Å². The van der Waals surface area contributed by atoms with Crippen LogP contribution in [-0.4, -0.2) is 39.8 Å². The van der Waals surface area contributed by atoms with E-state index in [1.165, 1.54) is 21.3 Å². The minimum atomic E-state index is -0.205. The van der Waals surface area contributed by atoms with Crippen LogP contribution < -0.4 is 0 Å². The van der Waals surface area contributed by atoms with Crippen LogP contribution in [0, 0.1) is 0 Å². The Hall–Kier alpha value is -1.30. The van der Waals surface area contributed by atoms with Gasteiger partial charge in [-0.2, -0.15) is 4.68 Å². The summed E-state index contributed by atoms with van der Waals surface area (Å²) in [7, 11) is 3.36. The first kappa shape index (κ1) is 12.8. The number of amides is 1. The molecule has 1 rings (SSSR count). The summed E-state index contributed by atoms with van der Waals surface area (Å²) < 4.78 is 1.31. The molecular weight excluding hydrogens is 224 g/mol. The summed E-state index contributed by atoms with van der Waals surface area (Å²) in [5.74, 6) is 0.861. The molecule has 0 bridgehead atoms. The number of aromatic nitrogens is 3. The summed E-state index contributed by atoms with van der Waals surface area (Å²) in [5, 5.41) is 6.38. The molecule has 0 unspecified atom stereocenters. The van der Waals surface area contributed by atoms with Gasteiger partial charge in [-0.15, -0.1) is 5.10 Å². The Morgan fingerprint density at radius 2 is 2.19 bits per heavy atom. The van der Waals surface area contributed by atoms with Crippen molar-refractivity contribution >= 4 is 17.8 Å². The number of carbonyl (C=O) groups excluding carboxylic acids is 1. The molecule has 0 radical (unpaired) electrons. The maximum Gasteiger partial charge on any atom is 0.346 e. The maximum absolute atomic E-state index is 11.8. The molecule has 1 aromatic rings. The third-order valence-corrected chi connectivity index (χ3v) is 2.50. The molecule has 0 aliphatic heterocycles. The minimum Gasteiger partial charge on any atom is -0.329 e. The molecule has 1 heterocycles. The summed E-state index contributed by atoms with van der Waals surface area (Å²) >= 11 is 1.29. The number of hydrogen-bond donors (Lipinski definition) is 0. The smallest absolute Gasteiger partial charge is 0.329 e. The van der Waals surface area contributed by atoms with Crippen LogP contribution in [0.4, 0.5) is 4.79 Å². The van der Waals surface area contributed by atoms with Gasteiger partial charge in [0.1, 0.15) is 0 Å². The first-order valence-electron chi connectivity index (χ1n) is 4.93. The fourth-order valence-electron chi connectivity index (χ4n) is 1.02. The van der Waals surface area contributed by atoms with Gasteiger partial charge in [-0.05, 0) is 5.41 Å². The lowest BCUT2D eigenvalue weighted by Crippen LogP contribution is -2.28. The molecular formula is C10H16N4OS. The van der Waals surface area contributed by atoms with Crippen LogP contribution in [0.1, 0.15) is 25.6 Å². The molecule has 6 heteroatoms. The normalized spacial score (nSPS) is 10.6. The van der Waals surface area contributed by atoms with E-state index in [1.54, 1.807) is 19.5 Å². The Kier molecular flexibility index (Phi) is 4.12. The van der Waals surface area contributed by atoms with Gasteiger partial charge in [0.15, 0.2) is 11.0 Å². The van der Waals surface area contributed by atoms with Crippen molar-refractivity contribution in [2.24, 2.45) is 0 Å². The Morgan fingerprint density at radius 1 is 1.56 bits per heavy atom. The van der Waals surface area contributed by atoms with Crippen molar-refractivity contribution in [2.45, 2.75) is 24.9 Å². The monoisotopic (exact) mass is 240 g/mol. The molecule has 1 aromatic heterocycles. The van der Waals surface area contributed by atoms with Gasteiger partial charge in [0.2, 0.25) is 0 Å². The Bertz CT molecular complexity index is 398. The molecule has 1 amide bonds.